The number of benzene rings is 1. The molecule has 1 N–H and O–H groups in total. The van der Waals surface area contributed by atoms with Crippen molar-refractivity contribution in [2.75, 3.05) is 48.0 Å². The third-order valence-electron chi connectivity index (χ3n) is 6.28. The molecule has 3 heterocycles. The highest BCUT2D eigenvalue weighted by atomic mass is 16.5. The maximum absolute atomic E-state index is 13.0. The maximum Gasteiger partial charge on any atom is 0.234 e. The molecule has 4 rings (SSSR count). The monoisotopic (exact) mass is 395 g/mol. The molecule has 7 nitrogen and oxygen atoms in total. The first kappa shape index (κ1) is 19.6. The predicted molar refractivity (Wildman–Crippen MR) is 115 cm³/mol. The van der Waals surface area contributed by atoms with Crippen molar-refractivity contribution in [1.82, 2.24) is 9.97 Å². The average Bonchev–Trinajstić information content (AvgIpc) is 3.12. The van der Waals surface area contributed by atoms with Gasteiger partial charge in [-0.3, -0.25) is 9.69 Å². The number of rotatable bonds is 6. The molecule has 0 atom stereocenters. The van der Waals surface area contributed by atoms with E-state index in [4.69, 9.17) is 4.74 Å². The molecule has 0 spiro atoms. The fourth-order valence-corrected chi connectivity index (χ4v) is 4.21. The van der Waals surface area contributed by atoms with Gasteiger partial charge < -0.3 is 15.0 Å². The molecule has 2 aliphatic heterocycles. The normalized spacial score (nSPS) is 18.9. The Labute approximate surface area is 172 Å². The van der Waals surface area contributed by atoms with Crippen LogP contribution in [0.25, 0.3) is 0 Å². The Morgan fingerprint density at radius 3 is 2.45 bits per heavy atom. The van der Waals surface area contributed by atoms with Gasteiger partial charge in [-0.2, -0.15) is 4.98 Å². The van der Waals surface area contributed by atoms with Gasteiger partial charge in [-0.05, 0) is 49.6 Å². The van der Waals surface area contributed by atoms with Gasteiger partial charge in [-0.1, -0.05) is 13.8 Å². The number of carbonyl (C=O) groups excluding carboxylic acids is 1. The summed E-state index contributed by atoms with van der Waals surface area (Å²) in [7, 11) is 0. The molecule has 7 heteroatoms. The van der Waals surface area contributed by atoms with Crippen LogP contribution in [0.1, 0.15) is 33.1 Å². The van der Waals surface area contributed by atoms with Crippen LogP contribution in [0.15, 0.2) is 36.5 Å². The molecule has 1 amide bonds. The van der Waals surface area contributed by atoms with Crippen LogP contribution in [0.5, 0.6) is 0 Å². The van der Waals surface area contributed by atoms with Crippen LogP contribution in [0.3, 0.4) is 0 Å². The first-order chi connectivity index (χ1) is 14.1. The number of hydrogen-bond acceptors (Lipinski definition) is 6. The number of hydrogen-bond donors (Lipinski definition) is 1. The van der Waals surface area contributed by atoms with Crippen LogP contribution >= 0.6 is 0 Å². The standard InChI is InChI=1S/C22H29N5O2/c1-3-22(4-2)10-12-27(20(22)28)19-9-11-23-21(25-19)24-17-5-7-18(8-6-17)26-13-15-29-16-14-26/h5-9,11H,3-4,10,12-16H2,1-2H3,(H,23,24,25). The minimum Gasteiger partial charge on any atom is -0.378 e. The first-order valence-electron chi connectivity index (χ1n) is 10.5. The molecule has 0 aliphatic carbocycles. The van der Waals surface area contributed by atoms with Crippen molar-refractivity contribution in [3.8, 4) is 0 Å². The third-order valence-corrected chi connectivity index (χ3v) is 6.28. The number of amides is 1. The number of carbonyl (C=O) groups is 1. The van der Waals surface area contributed by atoms with E-state index in [0.29, 0.717) is 18.3 Å². The molecule has 1 aromatic carbocycles. The van der Waals surface area contributed by atoms with Gasteiger partial charge in [0, 0.05) is 37.2 Å². The van der Waals surface area contributed by atoms with E-state index < -0.39 is 0 Å². The summed E-state index contributed by atoms with van der Waals surface area (Å²) in [5, 5.41) is 3.26. The van der Waals surface area contributed by atoms with Gasteiger partial charge in [-0.15, -0.1) is 0 Å². The second-order valence-corrected chi connectivity index (χ2v) is 7.70. The molecular formula is C22H29N5O2. The molecule has 0 saturated carbocycles. The zero-order valence-corrected chi connectivity index (χ0v) is 17.2. The lowest BCUT2D eigenvalue weighted by molar-refractivity contribution is -0.125. The molecule has 2 aromatic rings. The first-order valence-corrected chi connectivity index (χ1v) is 10.5. The summed E-state index contributed by atoms with van der Waals surface area (Å²) in [5.41, 5.74) is 1.86. The number of anilines is 4. The number of morpholine rings is 1. The fourth-order valence-electron chi connectivity index (χ4n) is 4.21. The van der Waals surface area contributed by atoms with Gasteiger partial charge in [0.25, 0.3) is 0 Å². The summed E-state index contributed by atoms with van der Waals surface area (Å²) >= 11 is 0. The van der Waals surface area contributed by atoms with Crippen molar-refractivity contribution in [1.29, 1.82) is 0 Å². The van der Waals surface area contributed by atoms with Crippen LogP contribution in [0.4, 0.5) is 23.1 Å². The van der Waals surface area contributed by atoms with Crippen LogP contribution in [-0.2, 0) is 9.53 Å². The Hall–Kier alpha value is -2.67. The van der Waals surface area contributed by atoms with Crippen molar-refractivity contribution >= 4 is 29.0 Å². The summed E-state index contributed by atoms with van der Waals surface area (Å²) in [6, 6.07) is 10.1. The molecule has 154 valence electrons. The van der Waals surface area contributed by atoms with Crippen molar-refractivity contribution in [3.05, 3.63) is 36.5 Å². The molecule has 0 bridgehead atoms. The van der Waals surface area contributed by atoms with Crippen molar-refractivity contribution < 1.29 is 9.53 Å². The minimum absolute atomic E-state index is 0.182. The van der Waals surface area contributed by atoms with E-state index in [-0.39, 0.29) is 11.3 Å². The Morgan fingerprint density at radius 1 is 1.07 bits per heavy atom. The summed E-state index contributed by atoms with van der Waals surface area (Å²) in [4.78, 5) is 26.0. The van der Waals surface area contributed by atoms with E-state index in [9.17, 15) is 4.79 Å². The number of nitrogens with zero attached hydrogens (tertiary/aromatic N) is 4. The molecule has 29 heavy (non-hydrogen) atoms. The zero-order valence-electron chi connectivity index (χ0n) is 17.2. The van der Waals surface area contributed by atoms with Gasteiger partial charge in [-0.25, -0.2) is 4.98 Å². The van der Waals surface area contributed by atoms with E-state index in [1.54, 1.807) is 11.1 Å². The number of ether oxygens (including phenoxy) is 1. The van der Waals surface area contributed by atoms with E-state index in [2.05, 4.69) is 46.2 Å². The van der Waals surface area contributed by atoms with Crippen molar-refractivity contribution in [2.45, 2.75) is 33.1 Å². The Morgan fingerprint density at radius 2 is 1.79 bits per heavy atom. The number of nitrogens with one attached hydrogen (secondary N) is 1. The molecule has 2 aliphatic rings. The summed E-state index contributed by atoms with van der Waals surface area (Å²) in [5.74, 6) is 1.35. The van der Waals surface area contributed by atoms with Gasteiger partial charge in [0.2, 0.25) is 11.9 Å². The van der Waals surface area contributed by atoms with Gasteiger partial charge in [0.05, 0.1) is 18.6 Å². The lowest BCUT2D eigenvalue weighted by Gasteiger charge is -2.28. The zero-order chi connectivity index (χ0) is 20.3. The second kappa shape index (κ2) is 8.37. The van der Waals surface area contributed by atoms with Crippen molar-refractivity contribution in [2.24, 2.45) is 5.41 Å². The predicted octanol–water partition coefficient (Wildman–Crippen LogP) is 3.60. The Bertz CT molecular complexity index is 845. The van der Waals surface area contributed by atoms with Crippen LogP contribution < -0.4 is 15.1 Å². The smallest absolute Gasteiger partial charge is 0.234 e. The van der Waals surface area contributed by atoms with E-state index in [0.717, 1.165) is 51.3 Å². The highest BCUT2D eigenvalue weighted by molar-refractivity contribution is 5.99. The lowest BCUT2D eigenvalue weighted by Crippen LogP contribution is -2.36. The third kappa shape index (κ3) is 3.92. The largest absolute Gasteiger partial charge is 0.378 e. The van der Waals surface area contributed by atoms with Gasteiger partial charge in [0.15, 0.2) is 0 Å². The van der Waals surface area contributed by atoms with E-state index in [1.807, 2.05) is 18.2 Å². The summed E-state index contributed by atoms with van der Waals surface area (Å²) in [6.07, 6.45) is 4.32. The highest BCUT2D eigenvalue weighted by Crippen LogP contribution is 2.40. The SMILES string of the molecule is CCC1(CC)CCN(c2ccnc(Nc3ccc(N4CCOCC4)cc3)n2)C1=O. The molecule has 1 aromatic heterocycles. The highest BCUT2D eigenvalue weighted by Gasteiger charge is 2.44. The maximum atomic E-state index is 13.0. The average molecular weight is 396 g/mol. The fraction of sp³-hybridized carbons (Fsp3) is 0.500. The Kier molecular flexibility index (Phi) is 5.67. The van der Waals surface area contributed by atoms with Crippen LogP contribution in [0, 0.1) is 5.41 Å². The van der Waals surface area contributed by atoms with Crippen LogP contribution in [-0.4, -0.2) is 48.7 Å². The molecule has 0 unspecified atom stereocenters. The van der Waals surface area contributed by atoms with E-state index in [1.165, 1.54) is 5.69 Å². The summed E-state index contributed by atoms with van der Waals surface area (Å²) in [6.45, 7) is 8.28. The van der Waals surface area contributed by atoms with Crippen molar-refractivity contribution in [3.63, 3.8) is 0 Å². The summed E-state index contributed by atoms with van der Waals surface area (Å²) < 4.78 is 5.41. The quantitative estimate of drug-likeness (QED) is 0.806. The molecule has 2 fully saturated rings. The topological polar surface area (TPSA) is 70.6 Å². The molecule has 0 radical (unpaired) electrons. The molecule has 2 saturated heterocycles. The van der Waals surface area contributed by atoms with Gasteiger partial charge in [0.1, 0.15) is 5.82 Å². The minimum atomic E-state index is -0.242. The molecular weight excluding hydrogens is 366 g/mol. The van der Waals surface area contributed by atoms with E-state index >= 15 is 0 Å². The Balaban J connectivity index is 1.46. The number of aromatic nitrogens is 2. The van der Waals surface area contributed by atoms with Crippen LogP contribution in [0.2, 0.25) is 0 Å². The second-order valence-electron chi connectivity index (χ2n) is 7.70. The lowest BCUT2D eigenvalue weighted by atomic mass is 9.81. The van der Waals surface area contributed by atoms with Gasteiger partial charge >= 0.3 is 0 Å².